The zero-order chi connectivity index (χ0) is 12.8. The molecule has 2 amide bonds. The van der Waals surface area contributed by atoms with Crippen molar-refractivity contribution in [1.29, 1.82) is 0 Å². The van der Waals surface area contributed by atoms with E-state index in [0.717, 1.165) is 9.26 Å². The van der Waals surface area contributed by atoms with Gasteiger partial charge in [-0.2, -0.15) is 0 Å². The molecule has 0 radical (unpaired) electrons. The third kappa shape index (κ3) is 4.91. The summed E-state index contributed by atoms with van der Waals surface area (Å²) >= 11 is 2.21. The van der Waals surface area contributed by atoms with Gasteiger partial charge in [-0.3, -0.25) is 0 Å². The second kappa shape index (κ2) is 6.80. The van der Waals surface area contributed by atoms with E-state index in [-0.39, 0.29) is 24.6 Å². The number of hydrogen-bond donors (Lipinski definition) is 3. The highest BCUT2D eigenvalue weighted by Crippen LogP contribution is 2.11. The van der Waals surface area contributed by atoms with E-state index in [2.05, 4.69) is 33.2 Å². The Morgan fingerprint density at radius 1 is 1.35 bits per heavy atom. The largest absolute Gasteiger partial charge is 0.396 e. The molecule has 1 aromatic carbocycles. The summed E-state index contributed by atoms with van der Waals surface area (Å²) in [7, 11) is 0. The van der Waals surface area contributed by atoms with Crippen molar-refractivity contribution in [1.82, 2.24) is 5.32 Å². The van der Waals surface area contributed by atoms with Gasteiger partial charge in [0.1, 0.15) is 0 Å². The zero-order valence-corrected chi connectivity index (χ0v) is 12.1. The number of carbonyl (C=O) groups is 1. The number of aliphatic hydroxyl groups is 1. The number of halogens is 1. The maximum Gasteiger partial charge on any atom is 0.319 e. The average molecular weight is 348 g/mol. The van der Waals surface area contributed by atoms with Crippen LogP contribution in [0.15, 0.2) is 24.3 Å². The van der Waals surface area contributed by atoms with Crippen molar-refractivity contribution >= 4 is 34.3 Å². The highest BCUT2D eigenvalue weighted by atomic mass is 127. The molecule has 5 heteroatoms. The summed E-state index contributed by atoms with van der Waals surface area (Å²) in [6.45, 7) is 3.81. The molecule has 1 rings (SSSR count). The fourth-order valence-corrected chi connectivity index (χ4v) is 1.57. The molecule has 0 aliphatic carbocycles. The monoisotopic (exact) mass is 348 g/mol. The summed E-state index contributed by atoms with van der Waals surface area (Å²) in [5, 5.41) is 14.5. The van der Waals surface area contributed by atoms with Crippen LogP contribution in [0.25, 0.3) is 0 Å². The summed E-state index contributed by atoms with van der Waals surface area (Å²) in [6.07, 6.45) is 0. The fourth-order valence-electron chi connectivity index (χ4n) is 1.21. The van der Waals surface area contributed by atoms with Gasteiger partial charge < -0.3 is 15.7 Å². The first kappa shape index (κ1) is 14.2. The van der Waals surface area contributed by atoms with E-state index in [1.165, 1.54) is 0 Å². The highest BCUT2D eigenvalue weighted by molar-refractivity contribution is 14.1. The van der Waals surface area contributed by atoms with Crippen LogP contribution < -0.4 is 10.6 Å². The Labute approximate surface area is 115 Å². The predicted octanol–water partition coefficient (Wildman–Crippen LogP) is 2.43. The molecule has 3 N–H and O–H groups in total. The van der Waals surface area contributed by atoms with Crippen molar-refractivity contribution in [3.63, 3.8) is 0 Å². The van der Waals surface area contributed by atoms with Gasteiger partial charge in [0.25, 0.3) is 0 Å². The van der Waals surface area contributed by atoms with E-state index < -0.39 is 0 Å². The van der Waals surface area contributed by atoms with Crippen LogP contribution in [0.2, 0.25) is 0 Å². The molecule has 0 aliphatic heterocycles. The number of aliphatic hydroxyl groups excluding tert-OH is 1. The van der Waals surface area contributed by atoms with E-state index in [1.807, 2.05) is 38.1 Å². The highest BCUT2D eigenvalue weighted by Gasteiger charge is 2.13. The van der Waals surface area contributed by atoms with Crippen LogP contribution in [-0.4, -0.2) is 23.8 Å². The molecule has 0 saturated heterocycles. The minimum atomic E-state index is -0.251. The molecule has 2 atom stereocenters. The molecule has 0 heterocycles. The molecule has 0 saturated carbocycles. The number of benzene rings is 1. The Balaban J connectivity index is 2.47. The second-order valence-corrected chi connectivity index (χ2v) is 5.30. The normalized spacial score (nSPS) is 13.9. The lowest BCUT2D eigenvalue weighted by atomic mass is 10.1. The van der Waals surface area contributed by atoms with Crippen LogP contribution in [-0.2, 0) is 0 Å². The van der Waals surface area contributed by atoms with Crippen LogP contribution in [0.5, 0.6) is 0 Å². The zero-order valence-electron chi connectivity index (χ0n) is 9.90. The average Bonchev–Trinajstić information content (AvgIpc) is 2.30. The van der Waals surface area contributed by atoms with Crippen LogP contribution in [0.3, 0.4) is 0 Å². The molecule has 4 nitrogen and oxygen atoms in total. The third-order valence-electron chi connectivity index (χ3n) is 2.60. The van der Waals surface area contributed by atoms with Crippen LogP contribution in [0, 0.1) is 9.49 Å². The standard InChI is InChI=1S/C12H17IN2O2/c1-8(7-16)9(2)14-12(17)15-11-5-3-10(13)4-6-11/h3-6,8-9,16H,7H2,1-2H3,(H2,14,15,17). The summed E-state index contributed by atoms with van der Waals surface area (Å²) in [6, 6.07) is 7.23. The lowest BCUT2D eigenvalue weighted by Crippen LogP contribution is -2.40. The van der Waals surface area contributed by atoms with Gasteiger partial charge in [0, 0.05) is 21.9 Å². The van der Waals surface area contributed by atoms with Crippen molar-refractivity contribution < 1.29 is 9.90 Å². The first-order valence-corrected chi connectivity index (χ1v) is 6.54. The Kier molecular flexibility index (Phi) is 5.70. The van der Waals surface area contributed by atoms with Gasteiger partial charge in [-0.1, -0.05) is 6.92 Å². The van der Waals surface area contributed by atoms with Gasteiger partial charge in [0.2, 0.25) is 0 Å². The molecule has 0 spiro atoms. The minimum absolute atomic E-state index is 0.0393. The lowest BCUT2D eigenvalue weighted by molar-refractivity contribution is 0.204. The number of amides is 2. The smallest absolute Gasteiger partial charge is 0.319 e. The first-order chi connectivity index (χ1) is 8.02. The molecule has 0 bridgehead atoms. The molecule has 0 fully saturated rings. The lowest BCUT2D eigenvalue weighted by Gasteiger charge is -2.19. The Morgan fingerprint density at radius 3 is 2.47 bits per heavy atom. The molecule has 94 valence electrons. The van der Waals surface area contributed by atoms with Gasteiger partial charge in [0.15, 0.2) is 0 Å². The second-order valence-electron chi connectivity index (χ2n) is 4.05. The summed E-state index contributed by atoms with van der Waals surface area (Å²) in [4.78, 5) is 11.6. The molecule has 0 aromatic heterocycles. The summed E-state index contributed by atoms with van der Waals surface area (Å²) in [5.41, 5.74) is 0.756. The molecule has 1 aromatic rings. The van der Waals surface area contributed by atoms with Crippen molar-refractivity contribution in [2.24, 2.45) is 5.92 Å². The predicted molar refractivity (Wildman–Crippen MR) is 77.0 cm³/mol. The Hall–Kier alpha value is -0.820. The van der Waals surface area contributed by atoms with Gasteiger partial charge >= 0.3 is 6.03 Å². The quantitative estimate of drug-likeness (QED) is 0.732. The van der Waals surface area contributed by atoms with E-state index in [1.54, 1.807) is 0 Å². The number of anilines is 1. The van der Waals surface area contributed by atoms with Crippen molar-refractivity contribution in [2.75, 3.05) is 11.9 Å². The van der Waals surface area contributed by atoms with Gasteiger partial charge in [-0.25, -0.2) is 4.79 Å². The number of nitrogens with one attached hydrogen (secondary N) is 2. The van der Waals surface area contributed by atoms with Gasteiger partial charge in [-0.05, 0) is 59.7 Å². The van der Waals surface area contributed by atoms with E-state index in [0.29, 0.717) is 0 Å². The maximum atomic E-state index is 11.6. The van der Waals surface area contributed by atoms with Gasteiger partial charge in [0.05, 0.1) is 0 Å². The number of rotatable bonds is 4. The van der Waals surface area contributed by atoms with Gasteiger partial charge in [-0.15, -0.1) is 0 Å². The fraction of sp³-hybridized carbons (Fsp3) is 0.417. The Bertz CT molecular complexity index is 367. The number of urea groups is 1. The molecule has 17 heavy (non-hydrogen) atoms. The summed E-state index contributed by atoms with van der Waals surface area (Å²) in [5.74, 6) is 0.0393. The van der Waals surface area contributed by atoms with E-state index in [9.17, 15) is 4.79 Å². The van der Waals surface area contributed by atoms with Crippen LogP contribution in [0.1, 0.15) is 13.8 Å². The van der Waals surface area contributed by atoms with Crippen molar-refractivity contribution in [2.45, 2.75) is 19.9 Å². The minimum Gasteiger partial charge on any atom is -0.396 e. The van der Waals surface area contributed by atoms with E-state index >= 15 is 0 Å². The number of hydrogen-bond acceptors (Lipinski definition) is 2. The first-order valence-electron chi connectivity index (χ1n) is 5.47. The van der Waals surface area contributed by atoms with E-state index in [4.69, 9.17) is 5.11 Å². The SMILES string of the molecule is CC(CO)C(C)NC(=O)Nc1ccc(I)cc1. The third-order valence-corrected chi connectivity index (χ3v) is 3.32. The van der Waals surface area contributed by atoms with Crippen molar-refractivity contribution in [3.05, 3.63) is 27.8 Å². The molecular formula is C12H17IN2O2. The molecule has 0 aliphatic rings. The van der Waals surface area contributed by atoms with Crippen molar-refractivity contribution in [3.8, 4) is 0 Å². The maximum absolute atomic E-state index is 11.6. The molecular weight excluding hydrogens is 331 g/mol. The Morgan fingerprint density at radius 2 is 1.94 bits per heavy atom. The topological polar surface area (TPSA) is 61.4 Å². The molecule has 2 unspecified atom stereocenters. The number of carbonyl (C=O) groups excluding carboxylic acids is 1. The van der Waals surface area contributed by atoms with Crippen LogP contribution in [0.4, 0.5) is 10.5 Å². The van der Waals surface area contributed by atoms with Crippen LogP contribution >= 0.6 is 22.6 Å². The summed E-state index contributed by atoms with van der Waals surface area (Å²) < 4.78 is 1.12.